The van der Waals surface area contributed by atoms with Crippen LogP contribution in [-0.4, -0.2) is 51.2 Å². The minimum absolute atomic E-state index is 0.130. The van der Waals surface area contributed by atoms with Crippen molar-refractivity contribution in [3.8, 4) is 0 Å². The van der Waals surface area contributed by atoms with Crippen LogP contribution in [0.5, 0.6) is 0 Å². The Hall–Kier alpha value is -1.98. The molecule has 1 fully saturated rings. The molecule has 5 nitrogen and oxygen atoms in total. The highest BCUT2D eigenvalue weighted by Gasteiger charge is 2.20. The van der Waals surface area contributed by atoms with Gasteiger partial charge in [0.25, 0.3) is 0 Å². The number of aliphatic hydroxyl groups excluding tert-OH is 1. The van der Waals surface area contributed by atoms with Gasteiger partial charge in [-0.15, -0.1) is 5.10 Å². The lowest BCUT2D eigenvalue weighted by atomic mass is 10.1. The van der Waals surface area contributed by atoms with Crippen molar-refractivity contribution in [3.63, 3.8) is 0 Å². The van der Waals surface area contributed by atoms with E-state index < -0.39 is 0 Å². The van der Waals surface area contributed by atoms with E-state index in [1.54, 1.807) is 0 Å². The van der Waals surface area contributed by atoms with Crippen molar-refractivity contribution >= 4 is 6.08 Å². The normalized spacial score (nSPS) is 17.1. The van der Waals surface area contributed by atoms with Crippen LogP contribution in [0.15, 0.2) is 42.6 Å². The summed E-state index contributed by atoms with van der Waals surface area (Å²) in [6.45, 7) is 3.29. The number of benzene rings is 1. The van der Waals surface area contributed by atoms with Crippen LogP contribution in [0.2, 0.25) is 0 Å². The molecule has 122 valence electrons. The lowest BCUT2D eigenvalue weighted by Crippen LogP contribution is -2.34. The second-order valence-electron chi connectivity index (χ2n) is 6.01. The van der Waals surface area contributed by atoms with E-state index in [1.807, 2.05) is 16.9 Å². The van der Waals surface area contributed by atoms with Crippen LogP contribution in [0.4, 0.5) is 0 Å². The molecule has 0 atom stereocenters. The summed E-state index contributed by atoms with van der Waals surface area (Å²) in [4.78, 5) is 2.47. The van der Waals surface area contributed by atoms with E-state index in [1.165, 1.54) is 5.56 Å². The first-order valence-corrected chi connectivity index (χ1v) is 8.30. The number of hydrogen-bond donors (Lipinski definition) is 1. The maximum atomic E-state index is 8.95. The lowest BCUT2D eigenvalue weighted by molar-refractivity contribution is 0.194. The van der Waals surface area contributed by atoms with Gasteiger partial charge >= 0.3 is 0 Å². The number of aliphatic hydroxyl groups is 1. The van der Waals surface area contributed by atoms with Crippen LogP contribution in [0.25, 0.3) is 6.08 Å². The van der Waals surface area contributed by atoms with Gasteiger partial charge in [-0.2, -0.15) is 0 Å². The molecule has 0 bridgehead atoms. The van der Waals surface area contributed by atoms with Gasteiger partial charge in [0.15, 0.2) is 0 Å². The summed E-state index contributed by atoms with van der Waals surface area (Å²) in [5, 5.41) is 17.3. The molecule has 2 heterocycles. The molecule has 3 rings (SSSR count). The summed E-state index contributed by atoms with van der Waals surface area (Å²) in [5.74, 6) is 0. The van der Waals surface area contributed by atoms with Crippen LogP contribution in [0.3, 0.4) is 0 Å². The Morgan fingerprint density at radius 1 is 1.17 bits per heavy atom. The molecule has 1 N–H and O–H groups in total. The van der Waals surface area contributed by atoms with E-state index in [9.17, 15) is 0 Å². The Balaban J connectivity index is 1.45. The molecule has 23 heavy (non-hydrogen) atoms. The third-order valence-corrected chi connectivity index (χ3v) is 4.33. The quantitative estimate of drug-likeness (QED) is 0.888. The van der Waals surface area contributed by atoms with Crippen LogP contribution >= 0.6 is 0 Å². The smallest absolute Gasteiger partial charge is 0.0850 e. The molecule has 0 aliphatic carbocycles. The zero-order valence-corrected chi connectivity index (χ0v) is 13.4. The molecule has 0 amide bonds. The van der Waals surface area contributed by atoms with Gasteiger partial charge < -0.3 is 5.11 Å². The van der Waals surface area contributed by atoms with Crippen molar-refractivity contribution in [1.82, 2.24) is 19.9 Å². The van der Waals surface area contributed by atoms with Crippen molar-refractivity contribution in [2.45, 2.75) is 25.3 Å². The number of hydrogen-bond acceptors (Lipinski definition) is 4. The number of piperidine rings is 1. The molecule has 1 saturated heterocycles. The van der Waals surface area contributed by atoms with Gasteiger partial charge in [0, 0.05) is 38.9 Å². The van der Waals surface area contributed by atoms with Crippen LogP contribution < -0.4 is 0 Å². The zero-order valence-electron chi connectivity index (χ0n) is 13.4. The van der Waals surface area contributed by atoms with Gasteiger partial charge in [-0.3, -0.25) is 4.90 Å². The lowest BCUT2D eigenvalue weighted by Gasteiger charge is -2.30. The Bertz CT molecular complexity index is 615. The third kappa shape index (κ3) is 4.50. The van der Waals surface area contributed by atoms with E-state index >= 15 is 0 Å². The van der Waals surface area contributed by atoms with Gasteiger partial charge in [0.2, 0.25) is 0 Å². The first-order chi connectivity index (χ1) is 11.3. The maximum Gasteiger partial charge on any atom is 0.0850 e. The molecule has 1 aliphatic heterocycles. The van der Waals surface area contributed by atoms with Crippen molar-refractivity contribution in [1.29, 1.82) is 0 Å². The number of likely N-dealkylation sites (tertiary alicyclic amines) is 1. The van der Waals surface area contributed by atoms with Gasteiger partial charge in [-0.05, 0) is 18.4 Å². The van der Waals surface area contributed by atoms with Gasteiger partial charge in [0.05, 0.1) is 11.7 Å². The second kappa shape index (κ2) is 8.04. The van der Waals surface area contributed by atoms with Crippen molar-refractivity contribution in [3.05, 3.63) is 53.9 Å². The topological polar surface area (TPSA) is 54.2 Å². The number of aromatic nitrogens is 3. The molecule has 1 aromatic carbocycles. The van der Waals surface area contributed by atoms with E-state index in [0.717, 1.165) is 38.2 Å². The molecule has 0 unspecified atom stereocenters. The molecule has 0 saturated carbocycles. The van der Waals surface area contributed by atoms with Crippen LogP contribution in [0, 0.1) is 0 Å². The van der Waals surface area contributed by atoms with E-state index in [4.69, 9.17) is 5.11 Å². The Morgan fingerprint density at radius 3 is 2.70 bits per heavy atom. The molecule has 0 radical (unpaired) electrons. The SMILES string of the molecule is OCCc1cn(C2CCN(C/C=C/c3ccccc3)CC2)nn1. The fourth-order valence-corrected chi connectivity index (χ4v) is 2.99. The first kappa shape index (κ1) is 15.9. The summed E-state index contributed by atoms with van der Waals surface area (Å²) < 4.78 is 1.97. The number of nitrogens with zero attached hydrogens (tertiary/aromatic N) is 4. The number of rotatable bonds is 6. The van der Waals surface area contributed by atoms with Gasteiger partial charge in [-0.1, -0.05) is 47.7 Å². The minimum atomic E-state index is 0.130. The van der Waals surface area contributed by atoms with E-state index in [-0.39, 0.29) is 6.61 Å². The largest absolute Gasteiger partial charge is 0.396 e. The van der Waals surface area contributed by atoms with Crippen molar-refractivity contribution in [2.24, 2.45) is 0 Å². The van der Waals surface area contributed by atoms with Gasteiger partial charge in [-0.25, -0.2) is 4.68 Å². The predicted octanol–water partition coefficient (Wildman–Crippen LogP) is 2.16. The Morgan fingerprint density at radius 2 is 1.96 bits per heavy atom. The molecule has 1 aromatic heterocycles. The van der Waals surface area contributed by atoms with Gasteiger partial charge in [0.1, 0.15) is 0 Å². The molecule has 2 aromatic rings. The Labute approximate surface area is 137 Å². The highest BCUT2D eigenvalue weighted by Crippen LogP contribution is 2.21. The summed E-state index contributed by atoms with van der Waals surface area (Å²) in [6.07, 6.45) is 9.19. The summed E-state index contributed by atoms with van der Waals surface area (Å²) in [5.41, 5.74) is 2.13. The van der Waals surface area contributed by atoms with E-state index in [2.05, 4.69) is 51.6 Å². The summed E-state index contributed by atoms with van der Waals surface area (Å²) in [6, 6.07) is 10.8. The summed E-state index contributed by atoms with van der Waals surface area (Å²) >= 11 is 0. The predicted molar refractivity (Wildman–Crippen MR) is 91.0 cm³/mol. The van der Waals surface area contributed by atoms with Crippen molar-refractivity contribution in [2.75, 3.05) is 26.2 Å². The highest BCUT2D eigenvalue weighted by atomic mass is 16.3. The average molecular weight is 312 g/mol. The molecule has 5 heteroatoms. The molecule has 1 aliphatic rings. The standard InChI is InChI=1S/C18H24N4O/c23-14-10-17-15-22(20-19-17)18-8-12-21(13-9-18)11-4-7-16-5-2-1-3-6-16/h1-7,15,18,23H,8-14H2/b7-4+. The summed E-state index contributed by atoms with van der Waals surface area (Å²) in [7, 11) is 0. The Kier molecular flexibility index (Phi) is 5.56. The second-order valence-corrected chi connectivity index (χ2v) is 6.01. The zero-order chi connectivity index (χ0) is 15.9. The fourth-order valence-electron chi connectivity index (χ4n) is 2.99. The fraction of sp³-hybridized carbons (Fsp3) is 0.444. The molecule has 0 spiro atoms. The minimum Gasteiger partial charge on any atom is -0.396 e. The van der Waals surface area contributed by atoms with Crippen LogP contribution in [-0.2, 0) is 6.42 Å². The monoisotopic (exact) mass is 312 g/mol. The van der Waals surface area contributed by atoms with E-state index in [0.29, 0.717) is 12.5 Å². The first-order valence-electron chi connectivity index (χ1n) is 8.30. The average Bonchev–Trinajstić information content (AvgIpc) is 3.06. The van der Waals surface area contributed by atoms with Crippen molar-refractivity contribution < 1.29 is 5.11 Å². The molecular weight excluding hydrogens is 288 g/mol. The van der Waals surface area contributed by atoms with Crippen LogP contribution in [0.1, 0.15) is 30.1 Å². The highest BCUT2D eigenvalue weighted by molar-refractivity contribution is 5.48. The maximum absolute atomic E-state index is 8.95. The molecular formula is C18H24N4O. The third-order valence-electron chi connectivity index (χ3n) is 4.33.